The van der Waals surface area contributed by atoms with Gasteiger partial charge in [-0.3, -0.25) is 9.98 Å². The van der Waals surface area contributed by atoms with Gasteiger partial charge < -0.3 is 37.2 Å². The molecule has 0 radical (unpaired) electrons. The minimum Gasteiger partial charge on any atom is -1.00 e. The number of nitrogens with zero attached hydrogens (tertiary/aromatic N) is 3. The molecule has 3 rings (SSSR count). The second-order valence-corrected chi connectivity index (χ2v) is 8.07. The summed E-state index contributed by atoms with van der Waals surface area (Å²) in [5, 5.41) is 0. The predicted molar refractivity (Wildman–Crippen MR) is 138 cm³/mol. The van der Waals surface area contributed by atoms with Gasteiger partial charge in [0, 0.05) is 0 Å². The minimum absolute atomic E-state index is 0. The molecule has 0 spiro atoms. The molecule has 0 aliphatic carbocycles. The van der Waals surface area contributed by atoms with Crippen molar-refractivity contribution in [2.24, 2.45) is 9.98 Å². The fourth-order valence-corrected chi connectivity index (χ4v) is 4.01. The van der Waals surface area contributed by atoms with E-state index in [0.717, 1.165) is 59.9 Å². The normalized spacial score (nSPS) is 10.9. The molecule has 3 aromatic rings. The standard InChI is InChI=1S/C29H35N3.3ClH.Co/c1-7-22-14-11-15-23(8-2)28(22)30-20(5)26-18-13-19-27(32-26)21(6)31-29-24(9-3)16-12-17-25(29)10-4;;;;/h11-19H,7-10H2,1-6H3;3*1H;/q;;;;+3/p-3. The largest absolute Gasteiger partial charge is 3.00 e. The van der Waals surface area contributed by atoms with E-state index in [9.17, 15) is 0 Å². The van der Waals surface area contributed by atoms with Crippen molar-refractivity contribution in [3.63, 3.8) is 0 Å². The Morgan fingerprint density at radius 3 is 1.11 bits per heavy atom. The van der Waals surface area contributed by atoms with Gasteiger partial charge >= 0.3 is 16.8 Å². The Hall–Kier alpha value is -1.69. The number of aliphatic imine (C=N–C) groups is 2. The third kappa shape index (κ3) is 8.71. The molecule has 36 heavy (non-hydrogen) atoms. The molecule has 196 valence electrons. The SMILES string of the molecule is CCc1cccc(CC)c1N=C(C)c1cccc(C(C)=Nc2c(CC)cccc2CC)n1.[Cl-].[Cl-].[Cl-].[Co+3]. The van der Waals surface area contributed by atoms with E-state index < -0.39 is 0 Å². The summed E-state index contributed by atoms with van der Waals surface area (Å²) in [7, 11) is 0. The minimum atomic E-state index is 0. The number of hydrogen-bond donors (Lipinski definition) is 0. The molecule has 1 heterocycles. The number of pyridine rings is 1. The van der Waals surface area contributed by atoms with E-state index in [0.29, 0.717) is 0 Å². The van der Waals surface area contributed by atoms with Crippen LogP contribution in [0.4, 0.5) is 11.4 Å². The summed E-state index contributed by atoms with van der Waals surface area (Å²) in [5.41, 5.74) is 10.9. The number of halogens is 3. The number of aromatic nitrogens is 1. The fraction of sp³-hybridized carbons (Fsp3) is 0.345. The van der Waals surface area contributed by atoms with E-state index in [1.807, 2.05) is 26.0 Å². The van der Waals surface area contributed by atoms with Crippen LogP contribution in [-0.2, 0) is 42.5 Å². The zero-order valence-corrected chi connectivity index (χ0v) is 25.1. The molecule has 0 amide bonds. The quantitative estimate of drug-likeness (QED) is 0.298. The van der Waals surface area contributed by atoms with Crippen LogP contribution < -0.4 is 37.2 Å². The van der Waals surface area contributed by atoms with Crippen LogP contribution in [0.15, 0.2) is 64.6 Å². The van der Waals surface area contributed by atoms with Gasteiger partial charge in [-0.1, -0.05) is 70.2 Å². The first-order chi connectivity index (χ1) is 15.5. The van der Waals surface area contributed by atoms with Crippen molar-refractivity contribution in [1.29, 1.82) is 0 Å². The van der Waals surface area contributed by atoms with E-state index in [2.05, 4.69) is 70.2 Å². The Morgan fingerprint density at radius 2 is 0.833 bits per heavy atom. The van der Waals surface area contributed by atoms with Gasteiger partial charge in [-0.25, -0.2) is 4.98 Å². The molecule has 0 aliphatic rings. The maximum atomic E-state index is 5.02. The third-order valence-electron chi connectivity index (χ3n) is 5.98. The zero-order chi connectivity index (χ0) is 23.1. The molecule has 0 bridgehead atoms. The number of para-hydroxylation sites is 2. The van der Waals surface area contributed by atoms with Crippen LogP contribution in [0.25, 0.3) is 0 Å². The van der Waals surface area contributed by atoms with Crippen molar-refractivity contribution in [2.75, 3.05) is 0 Å². The van der Waals surface area contributed by atoms with Gasteiger partial charge in [0.15, 0.2) is 0 Å². The van der Waals surface area contributed by atoms with Gasteiger partial charge in [0.05, 0.1) is 34.2 Å². The van der Waals surface area contributed by atoms with Crippen LogP contribution in [0.5, 0.6) is 0 Å². The fourth-order valence-electron chi connectivity index (χ4n) is 4.01. The van der Waals surface area contributed by atoms with Gasteiger partial charge in [-0.15, -0.1) is 0 Å². The van der Waals surface area contributed by atoms with E-state index in [1.54, 1.807) is 0 Å². The van der Waals surface area contributed by atoms with E-state index in [1.165, 1.54) is 22.3 Å². The Morgan fingerprint density at radius 1 is 0.556 bits per heavy atom. The van der Waals surface area contributed by atoms with E-state index in [4.69, 9.17) is 15.0 Å². The average Bonchev–Trinajstić information content (AvgIpc) is 2.84. The van der Waals surface area contributed by atoms with Crippen LogP contribution >= 0.6 is 0 Å². The van der Waals surface area contributed by atoms with Crippen molar-refractivity contribution >= 4 is 22.8 Å². The Balaban J connectivity index is 0. The van der Waals surface area contributed by atoms with Crippen molar-refractivity contribution in [1.82, 2.24) is 4.98 Å². The second kappa shape index (κ2) is 17.7. The van der Waals surface area contributed by atoms with Crippen molar-refractivity contribution < 1.29 is 54.0 Å². The van der Waals surface area contributed by atoms with Gasteiger partial charge in [0.25, 0.3) is 0 Å². The summed E-state index contributed by atoms with van der Waals surface area (Å²) in [6, 6.07) is 19.1. The number of benzene rings is 2. The Kier molecular flexibility index (Phi) is 17.9. The maximum absolute atomic E-state index is 5.02. The zero-order valence-electron chi connectivity index (χ0n) is 21.8. The van der Waals surface area contributed by atoms with E-state index >= 15 is 0 Å². The van der Waals surface area contributed by atoms with Crippen LogP contribution in [0.1, 0.15) is 75.2 Å². The van der Waals surface area contributed by atoms with Gasteiger partial charge in [-0.2, -0.15) is 0 Å². The first-order valence-electron chi connectivity index (χ1n) is 11.8. The monoisotopic (exact) mass is 589 g/mol. The third-order valence-corrected chi connectivity index (χ3v) is 5.98. The van der Waals surface area contributed by atoms with Gasteiger partial charge in [0.1, 0.15) is 0 Å². The number of rotatable bonds is 8. The molecule has 0 saturated heterocycles. The first-order valence-corrected chi connectivity index (χ1v) is 11.8. The van der Waals surface area contributed by atoms with Crippen LogP contribution in [0.2, 0.25) is 0 Å². The summed E-state index contributed by atoms with van der Waals surface area (Å²) >= 11 is 0. The molecule has 7 heteroatoms. The summed E-state index contributed by atoms with van der Waals surface area (Å²) in [5.74, 6) is 0. The number of hydrogen-bond acceptors (Lipinski definition) is 3. The molecular weight excluding hydrogens is 556 g/mol. The van der Waals surface area contributed by atoms with Gasteiger partial charge in [0.2, 0.25) is 0 Å². The molecular formula is C29H35Cl3CoN3. The molecule has 2 aromatic carbocycles. The summed E-state index contributed by atoms with van der Waals surface area (Å²) < 4.78 is 0. The molecule has 0 aliphatic heterocycles. The summed E-state index contributed by atoms with van der Waals surface area (Å²) in [6.07, 6.45) is 3.87. The maximum Gasteiger partial charge on any atom is 3.00 e. The Bertz CT molecular complexity index is 1030. The molecule has 0 atom stereocenters. The molecule has 1 aromatic heterocycles. The van der Waals surface area contributed by atoms with Crippen LogP contribution in [-0.4, -0.2) is 16.4 Å². The van der Waals surface area contributed by atoms with E-state index in [-0.39, 0.29) is 54.0 Å². The van der Waals surface area contributed by atoms with Crippen molar-refractivity contribution in [3.05, 3.63) is 88.2 Å². The molecule has 0 saturated carbocycles. The molecule has 0 unspecified atom stereocenters. The van der Waals surface area contributed by atoms with Crippen LogP contribution in [0, 0.1) is 0 Å². The molecule has 3 nitrogen and oxygen atoms in total. The smallest absolute Gasteiger partial charge is 1.00 e. The van der Waals surface area contributed by atoms with Crippen molar-refractivity contribution in [3.8, 4) is 0 Å². The molecule has 0 fully saturated rings. The topological polar surface area (TPSA) is 37.6 Å². The Labute approximate surface area is 246 Å². The van der Waals surface area contributed by atoms with Gasteiger partial charge in [-0.05, 0) is 73.9 Å². The first kappa shape index (κ1) is 36.5. The molecule has 0 N–H and O–H groups in total. The van der Waals surface area contributed by atoms with Crippen LogP contribution in [0.3, 0.4) is 0 Å². The summed E-state index contributed by atoms with van der Waals surface area (Å²) in [4.78, 5) is 15.0. The summed E-state index contributed by atoms with van der Waals surface area (Å²) in [6.45, 7) is 12.8. The average molecular weight is 591 g/mol. The predicted octanol–water partition coefficient (Wildman–Crippen LogP) is -1.38. The number of aryl methyl sites for hydroxylation is 4. The van der Waals surface area contributed by atoms with Crippen molar-refractivity contribution in [2.45, 2.75) is 67.2 Å². The second-order valence-electron chi connectivity index (χ2n) is 8.07.